The van der Waals surface area contributed by atoms with Crippen molar-refractivity contribution in [3.05, 3.63) is 54.1 Å². The van der Waals surface area contributed by atoms with E-state index in [2.05, 4.69) is 25.1 Å². The molecule has 2 heteroatoms. The van der Waals surface area contributed by atoms with Crippen LogP contribution in [0.5, 0.6) is 11.5 Å². The second-order valence-electron chi connectivity index (χ2n) is 6.55. The van der Waals surface area contributed by atoms with Gasteiger partial charge in [0.2, 0.25) is 0 Å². The minimum atomic E-state index is 0.725. The summed E-state index contributed by atoms with van der Waals surface area (Å²) >= 11 is 0. The third kappa shape index (κ3) is 7.08. The Kier molecular flexibility index (Phi) is 8.23. The number of benzene rings is 2. The van der Waals surface area contributed by atoms with Crippen LogP contribution in [0.2, 0.25) is 0 Å². The van der Waals surface area contributed by atoms with Crippen LogP contribution in [0, 0.1) is 0 Å². The zero-order valence-electron chi connectivity index (χ0n) is 15.0. The number of hydrogen-bond donors (Lipinski definition) is 1. The van der Waals surface area contributed by atoms with Crippen molar-refractivity contribution >= 4 is 5.69 Å². The van der Waals surface area contributed by atoms with E-state index in [1.54, 1.807) is 0 Å². The minimum Gasteiger partial charge on any atom is -0.457 e. The number of aryl methyl sites for hydroxylation is 1. The lowest BCUT2D eigenvalue weighted by Crippen LogP contribution is -1.90. The molecule has 0 fully saturated rings. The highest BCUT2D eigenvalue weighted by Gasteiger charge is 2.00. The third-order valence-corrected chi connectivity index (χ3v) is 4.31. The Balaban J connectivity index is 1.71. The maximum atomic E-state index is 5.90. The SMILES string of the molecule is CCCCCCCCCCc1cccc(Oc2cccc(N)c2)c1. The van der Waals surface area contributed by atoms with Gasteiger partial charge in [-0.05, 0) is 42.7 Å². The van der Waals surface area contributed by atoms with Gasteiger partial charge in [0, 0.05) is 11.8 Å². The molecule has 0 heterocycles. The Labute approximate surface area is 147 Å². The van der Waals surface area contributed by atoms with Crippen LogP contribution < -0.4 is 10.5 Å². The molecule has 130 valence electrons. The molecule has 0 aromatic heterocycles. The van der Waals surface area contributed by atoms with Gasteiger partial charge in [0.25, 0.3) is 0 Å². The monoisotopic (exact) mass is 325 g/mol. The fourth-order valence-corrected chi connectivity index (χ4v) is 2.94. The molecule has 2 rings (SSSR count). The molecule has 0 spiro atoms. The number of nitrogens with two attached hydrogens (primary N) is 1. The van der Waals surface area contributed by atoms with Crippen LogP contribution in [0.4, 0.5) is 5.69 Å². The summed E-state index contributed by atoms with van der Waals surface area (Å²) in [6, 6.07) is 16.0. The van der Waals surface area contributed by atoms with Gasteiger partial charge < -0.3 is 10.5 Å². The van der Waals surface area contributed by atoms with Gasteiger partial charge in [-0.3, -0.25) is 0 Å². The van der Waals surface area contributed by atoms with Gasteiger partial charge in [-0.1, -0.05) is 70.1 Å². The van der Waals surface area contributed by atoms with E-state index < -0.39 is 0 Å². The Morgan fingerprint density at radius 3 is 2.08 bits per heavy atom. The first-order chi connectivity index (χ1) is 11.8. The van der Waals surface area contributed by atoms with Crippen LogP contribution in [0.1, 0.15) is 63.9 Å². The van der Waals surface area contributed by atoms with Crippen molar-refractivity contribution in [3.63, 3.8) is 0 Å². The Morgan fingerprint density at radius 1 is 0.750 bits per heavy atom. The quantitative estimate of drug-likeness (QED) is 0.366. The lowest BCUT2D eigenvalue weighted by Gasteiger charge is -2.08. The Morgan fingerprint density at radius 2 is 1.38 bits per heavy atom. The second-order valence-corrected chi connectivity index (χ2v) is 6.55. The molecule has 0 aliphatic rings. The number of rotatable bonds is 11. The molecular weight excluding hydrogens is 294 g/mol. The summed E-state index contributed by atoms with van der Waals surface area (Å²) in [5.74, 6) is 1.68. The van der Waals surface area contributed by atoms with E-state index in [1.807, 2.05) is 30.3 Å². The lowest BCUT2D eigenvalue weighted by molar-refractivity contribution is 0.482. The van der Waals surface area contributed by atoms with Crippen molar-refractivity contribution in [2.75, 3.05) is 5.73 Å². The number of nitrogen functional groups attached to an aromatic ring is 1. The van der Waals surface area contributed by atoms with Crippen molar-refractivity contribution in [3.8, 4) is 11.5 Å². The highest BCUT2D eigenvalue weighted by molar-refractivity contribution is 5.45. The van der Waals surface area contributed by atoms with E-state index in [4.69, 9.17) is 10.5 Å². The van der Waals surface area contributed by atoms with Crippen molar-refractivity contribution in [2.24, 2.45) is 0 Å². The minimum absolute atomic E-state index is 0.725. The molecule has 0 aliphatic heterocycles. The smallest absolute Gasteiger partial charge is 0.129 e. The molecule has 2 aromatic rings. The van der Waals surface area contributed by atoms with Crippen molar-refractivity contribution in [1.29, 1.82) is 0 Å². The fraction of sp³-hybridized carbons (Fsp3) is 0.455. The molecular formula is C22H31NO. The molecule has 2 aromatic carbocycles. The first-order valence-corrected chi connectivity index (χ1v) is 9.40. The third-order valence-electron chi connectivity index (χ3n) is 4.31. The number of anilines is 1. The molecule has 0 saturated heterocycles. The van der Waals surface area contributed by atoms with Crippen LogP contribution in [0.25, 0.3) is 0 Å². The molecule has 0 amide bonds. The average molecular weight is 325 g/mol. The zero-order valence-corrected chi connectivity index (χ0v) is 15.0. The number of unbranched alkanes of at least 4 members (excludes halogenated alkanes) is 7. The van der Waals surface area contributed by atoms with E-state index in [0.717, 1.165) is 23.6 Å². The second kappa shape index (κ2) is 10.7. The van der Waals surface area contributed by atoms with Crippen molar-refractivity contribution in [1.82, 2.24) is 0 Å². The average Bonchev–Trinajstić information content (AvgIpc) is 2.58. The van der Waals surface area contributed by atoms with Crippen LogP contribution >= 0.6 is 0 Å². The van der Waals surface area contributed by atoms with Crippen LogP contribution in [-0.4, -0.2) is 0 Å². The summed E-state index contributed by atoms with van der Waals surface area (Å²) in [4.78, 5) is 0. The fourth-order valence-electron chi connectivity index (χ4n) is 2.94. The van der Waals surface area contributed by atoms with Gasteiger partial charge in [0.05, 0.1) is 0 Å². The van der Waals surface area contributed by atoms with Crippen molar-refractivity contribution < 1.29 is 4.74 Å². The molecule has 0 unspecified atom stereocenters. The summed E-state index contributed by atoms with van der Waals surface area (Å²) in [5, 5.41) is 0. The maximum absolute atomic E-state index is 5.90. The van der Waals surface area contributed by atoms with Gasteiger partial charge in [-0.25, -0.2) is 0 Å². The molecule has 0 saturated carbocycles. The van der Waals surface area contributed by atoms with E-state index >= 15 is 0 Å². The molecule has 0 atom stereocenters. The molecule has 2 nitrogen and oxygen atoms in total. The predicted molar refractivity (Wildman–Crippen MR) is 104 cm³/mol. The topological polar surface area (TPSA) is 35.2 Å². The van der Waals surface area contributed by atoms with E-state index in [-0.39, 0.29) is 0 Å². The van der Waals surface area contributed by atoms with Gasteiger partial charge in [0.15, 0.2) is 0 Å². The van der Waals surface area contributed by atoms with E-state index in [0.29, 0.717) is 0 Å². The number of hydrogen-bond acceptors (Lipinski definition) is 2. The van der Waals surface area contributed by atoms with E-state index in [9.17, 15) is 0 Å². The van der Waals surface area contributed by atoms with Gasteiger partial charge in [-0.2, -0.15) is 0 Å². The summed E-state index contributed by atoms with van der Waals surface area (Å²) in [6.45, 7) is 2.27. The number of ether oxygens (including phenoxy) is 1. The predicted octanol–water partition coefficient (Wildman–Crippen LogP) is 6.74. The first kappa shape index (κ1) is 18.4. The normalized spacial score (nSPS) is 10.7. The molecule has 0 bridgehead atoms. The first-order valence-electron chi connectivity index (χ1n) is 9.40. The summed E-state index contributed by atoms with van der Waals surface area (Å²) < 4.78 is 5.90. The highest BCUT2D eigenvalue weighted by Crippen LogP contribution is 2.24. The van der Waals surface area contributed by atoms with Crippen LogP contribution in [0.15, 0.2) is 48.5 Å². The van der Waals surface area contributed by atoms with Gasteiger partial charge >= 0.3 is 0 Å². The Bertz CT molecular complexity index is 594. The lowest BCUT2D eigenvalue weighted by atomic mass is 10.0. The van der Waals surface area contributed by atoms with Gasteiger partial charge in [-0.15, -0.1) is 0 Å². The molecule has 2 N–H and O–H groups in total. The van der Waals surface area contributed by atoms with Crippen molar-refractivity contribution in [2.45, 2.75) is 64.7 Å². The maximum Gasteiger partial charge on any atom is 0.129 e. The molecule has 0 aliphatic carbocycles. The molecule has 24 heavy (non-hydrogen) atoms. The highest BCUT2D eigenvalue weighted by atomic mass is 16.5. The Hall–Kier alpha value is -1.96. The summed E-state index contributed by atoms with van der Waals surface area (Å²) in [5.41, 5.74) is 7.87. The van der Waals surface area contributed by atoms with E-state index in [1.165, 1.54) is 56.9 Å². The van der Waals surface area contributed by atoms with Crippen LogP contribution in [-0.2, 0) is 6.42 Å². The largest absolute Gasteiger partial charge is 0.457 e. The van der Waals surface area contributed by atoms with Crippen LogP contribution in [0.3, 0.4) is 0 Å². The summed E-state index contributed by atoms with van der Waals surface area (Å²) in [7, 11) is 0. The molecule has 0 radical (unpaired) electrons. The summed E-state index contributed by atoms with van der Waals surface area (Å²) in [6.07, 6.45) is 12.0. The zero-order chi connectivity index (χ0) is 17.0. The standard InChI is InChI=1S/C22H31NO/c1-2-3-4-5-6-7-8-9-12-19-13-10-15-21(17-19)24-22-16-11-14-20(23)18-22/h10-11,13-18H,2-9,12,23H2,1H3. The van der Waals surface area contributed by atoms with Gasteiger partial charge in [0.1, 0.15) is 11.5 Å².